The lowest BCUT2D eigenvalue weighted by atomic mass is 9.96. The van der Waals surface area contributed by atoms with Gasteiger partial charge in [-0.25, -0.2) is 0 Å². The van der Waals surface area contributed by atoms with Gasteiger partial charge >= 0.3 is 0 Å². The van der Waals surface area contributed by atoms with Crippen molar-refractivity contribution >= 4 is 0 Å². The topological polar surface area (TPSA) is 3.88 Å². The van der Waals surface area contributed by atoms with Crippen LogP contribution in [0.4, 0.5) is 0 Å². The maximum atomic E-state index is 2.52. The van der Waals surface area contributed by atoms with Gasteiger partial charge in [0.1, 0.15) is 0 Å². The number of hydrogen-bond donors (Lipinski definition) is 0. The maximum absolute atomic E-state index is 2.52. The van der Waals surface area contributed by atoms with E-state index < -0.39 is 0 Å². The van der Waals surface area contributed by atoms with Crippen LogP contribution in [0.15, 0.2) is 42.5 Å². The van der Waals surface area contributed by atoms with E-state index in [0.29, 0.717) is 17.9 Å². The molecule has 112 valence electrons. The molecule has 0 fully saturated rings. The Balaban J connectivity index is 2.71. The van der Waals surface area contributed by atoms with Crippen LogP contribution in [0.1, 0.15) is 70.8 Å². The van der Waals surface area contributed by atoms with Crippen LogP contribution in [0.2, 0.25) is 0 Å². The summed E-state index contributed by atoms with van der Waals surface area (Å²) in [6.07, 6.45) is 0. The normalized spacial score (nSPS) is 11.7. The third-order valence-electron chi connectivity index (χ3n) is 3.97. The summed E-state index contributed by atoms with van der Waals surface area (Å²) in [5, 5.41) is 0. The molecule has 2 aromatic rings. The Bertz CT molecular complexity index is 565. The highest BCUT2D eigenvalue weighted by molar-refractivity contribution is 5.63. The molecule has 1 aromatic carbocycles. The Morgan fingerprint density at radius 3 is 1.52 bits per heavy atom. The maximum Gasteiger partial charge on any atom is 0.184 e. The molecular formula is C20H28N+. The van der Waals surface area contributed by atoms with Gasteiger partial charge in [-0.05, 0) is 25.0 Å². The number of aromatic nitrogens is 1. The second-order valence-electron chi connectivity index (χ2n) is 6.73. The average molecular weight is 282 g/mol. The monoisotopic (exact) mass is 282 g/mol. The van der Waals surface area contributed by atoms with Crippen LogP contribution < -0.4 is 4.57 Å². The van der Waals surface area contributed by atoms with E-state index in [1.54, 1.807) is 0 Å². The summed E-state index contributed by atoms with van der Waals surface area (Å²) >= 11 is 0. The summed E-state index contributed by atoms with van der Waals surface area (Å²) in [7, 11) is 0. The third-order valence-corrected chi connectivity index (χ3v) is 3.97. The highest BCUT2D eigenvalue weighted by Gasteiger charge is 2.25. The fraction of sp³-hybridized carbons (Fsp3) is 0.450. The number of benzene rings is 1. The minimum Gasteiger partial charge on any atom is -0.197 e. The lowest BCUT2D eigenvalue weighted by Crippen LogP contribution is -2.45. The van der Waals surface area contributed by atoms with Gasteiger partial charge < -0.3 is 0 Å². The third kappa shape index (κ3) is 3.34. The van der Waals surface area contributed by atoms with E-state index in [2.05, 4.69) is 88.6 Å². The molecule has 0 bridgehead atoms. The molecule has 2 rings (SSSR count). The standard InChI is InChI=1S/C20H28N/c1-14(2)19-12-18(17-10-8-7-9-11-17)13-20(15(3)4)21(19)16(5)6/h7-16H,1-6H3/q+1. The summed E-state index contributed by atoms with van der Waals surface area (Å²) in [5.74, 6) is 1.04. The van der Waals surface area contributed by atoms with Crippen LogP contribution in [-0.2, 0) is 0 Å². The van der Waals surface area contributed by atoms with Crippen LogP contribution in [0.5, 0.6) is 0 Å². The van der Waals surface area contributed by atoms with E-state index in [9.17, 15) is 0 Å². The Morgan fingerprint density at radius 2 is 1.14 bits per heavy atom. The van der Waals surface area contributed by atoms with Crippen LogP contribution in [0.25, 0.3) is 11.1 Å². The zero-order valence-electron chi connectivity index (χ0n) is 14.2. The Kier molecular flexibility index (Phi) is 4.82. The minimum absolute atomic E-state index is 0.490. The molecule has 0 saturated heterocycles. The van der Waals surface area contributed by atoms with Crippen molar-refractivity contribution < 1.29 is 4.57 Å². The summed E-state index contributed by atoms with van der Waals surface area (Å²) in [5.41, 5.74) is 5.49. The van der Waals surface area contributed by atoms with Crippen molar-refractivity contribution in [1.82, 2.24) is 0 Å². The van der Waals surface area contributed by atoms with Crippen LogP contribution in [0.3, 0.4) is 0 Å². The fourth-order valence-electron chi connectivity index (χ4n) is 2.93. The molecule has 1 aromatic heterocycles. The molecule has 0 atom stereocenters. The van der Waals surface area contributed by atoms with Gasteiger partial charge in [0.25, 0.3) is 0 Å². The first-order chi connectivity index (χ1) is 9.91. The van der Waals surface area contributed by atoms with Crippen molar-refractivity contribution in [1.29, 1.82) is 0 Å². The number of rotatable bonds is 4. The van der Waals surface area contributed by atoms with E-state index in [0.717, 1.165) is 0 Å². The zero-order valence-corrected chi connectivity index (χ0v) is 14.2. The summed E-state index contributed by atoms with van der Waals surface area (Å²) in [4.78, 5) is 0. The van der Waals surface area contributed by atoms with Gasteiger partial charge in [-0.2, -0.15) is 4.57 Å². The van der Waals surface area contributed by atoms with Gasteiger partial charge in [0.15, 0.2) is 17.4 Å². The largest absolute Gasteiger partial charge is 0.197 e. The Hall–Kier alpha value is -1.63. The van der Waals surface area contributed by atoms with Crippen molar-refractivity contribution in [3.8, 4) is 11.1 Å². The summed E-state index contributed by atoms with van der Waals surface area (Å²) in [6.45, 7) is 13.7. The fourth-order valence-corrected chi connectivity index (χ4v) is 2.93. The molecule has 1 heteroatoms. The molecule has 0 spiro atoms. The number of hydrogen-bond acceptors (Lipinski definition) is 0. The number of nitrogens with zero attached hydrogens (tertiary/aromatic N) is 1. The Labute approximate surface area is 129 Å². The average Bonchev–Trinajstić information content (AvgIpc) is 2.46. The lowest BCUT2D eigenvalue weighted by Gasteiger charge is -2.18. The van der Waals surface area contributed by atoms with Crippen LogP contribution >= 0.6 is 0 Å². The molecule has 0 aliphatic rings. The molecule has 0 unspecified atom stereocenters. The van der Waals surface area contributed by atoms with Crippen LogP contribution in [0, 0.1) is 0 Å². The molecule has 1 nitrogen and oxygen atoms in total. The molecule has 1 heterocycles. The second-order valence-corrected chi connectivity index (χ2v) is 6.73. The van der Waals surface area contributed by atoms with Gasteiger partial charge in [-0.3, -0.25) is 0 Å². The molecule has 0 aliphatic heterocycles. The quantitative estimate of drug-likeness (QED) is 0.655. The molecule has 0 saturated carbocycles. The predicted octanol–water partition coefficient (Wildman–Crippen LogP) is 5.47. The highest BCUT2D eigenvalue weighted by Crippen LogP contribution is 2.26. The molecule has 21 heavy (non-hydrogen) atoms. The predicted molar refractivity (Wildman–Crippen MR) is 90.6 cm³/mol. The van der Waals surface area contributed by atoms with E-state index in [1.807, 2.05) is 0 Å². The van der Waals surface area contributed by atoms with Crippen molar-refractivity contribution in [3.63, 3.8) is 0 Å². The van der Waals surface area contributed by atoms with Gasteiger partial charge in [0.05, 0.1) is 0 Å². The molecule has 0 aliphatic carbocycles. The lowest BCUT2D eigenvalue weighted by molar-refractivity contribution is -0.731. The summed E-state index contributed by atoms with van der Waals surface area (Å²) in [6, 6.07) is 15.9. The highest BCUT2D eigenvalue weighted by atomic mass is 15.0. The van der Waals surface area contributed by atoms with Gasteiger partial charge in [-0.1, -0.05) is 58.0 Å². The molecular weight excluding hydrogens is 254 g/mol. The zero-order chi connectivity index (χ0) is 15.6. The first-order valence-electron chi connectivity index (χ1n) is 8.06. The first-order valence-corrected chi connectivity index (χ1v) is 8.06. The van der Waals surface area contributed by atoms with Gasteiger partial charge in [0.2, 0.25) is 0 Å². The van der Waals surface area contributed by atoms with Crippen molar-refractivity contribution in [3.05, 3.63) is 53.9 Å². The minimum atomic E-state index is 0.490. The van der Waals surface area contributed by atoms with Gasteiger partial charge in [-0.15, -0.1) is 0 Å². The van der Waals surface area contributed by atoms with Crippen molar-refractivity contribution in [2.24, 2.45) is 0 Å². The summed E-state index contributed by atoms with van der Waals surface area (Å²) < 4.78 is 2.52. The first kappa shape index (κ1) is 15.8. The molecule has 0 amide bonds. The smallest absolute Gasteiger partial charge is 0.184 e. The van der Waals surface area contributed by atoms with Crippen molar-refractivity contribution in [2.75, 3.05) is 0 Å². The Morgan fingerprint density at radius 1 is 0.667 bits per heavy atom. The molecule has 0 radical (unpaired) electrons. The SMILES string of the molecule is CC(C)c1cc(-c2ccccc2)cc(C(C)C)[n+]1C(C)C. The molecule has 0 N–H and O–H groups in total. The van der Waals surface area contributed by atoms with Gasteiger partial charge in [0, 0.05) is 24.0 Å². The van der Waals surface area contributed by atoms with Crippen LogP contribution in [-0.4, -0.2) is 0 Å². The number of pyridine rings is 1. The van der Waals surface area contributed by atoms with E-state index in [1.165, 1.54) is 22.5 Å². The van der Waals surface area contributed by atoms with Crippen molar-refractivity contribution in [2.45, 2.75) is 59.4 Å². The van der Waals surface area contributed by atoms with E-state index >= 15 is 0 Å². The van der Waals surface area contributed by atoms with E-state index in [-0.39, 0.29) is 0 Å². The second kappa shape index (κ2) is 6.43. The van der Waals surface area contributed by atoms with E-state index in [4.69, 9.17) is 0 Å².